The van der Waals surface area contributed by atoms with E-state index in [1.54, 1.807) is 42.5 Å². The molecule has 34 heavy (non-hydrogen) atoms. The molecule has 0 atom stereocenters. The number of pyridine rings is 1. The molecule has 0 N–H and O–H groups in total. The quantitative estimate of drug-likeness (QED) is 0.408. The molecule has 0 amide bonds. The highest BCUT2D eigenvalue weighted by Gasteiger charge is 2.19. The van der Waals surface area contributed by atoms with E-state index >= 15 is 4.39 Å². The van der Waals surface area contributed by atoms with E-state index in [2.05, 4.69) is 4.98 Å². The Kier molecular flexibility index (Phi) is 5.07. The van der Waals surface area contributed by atoms with E-state index in [9.17, 15) is 19.2 Å². The predicted octanol–water partition coefficient (Wildman–Crippen LogP) is 4.35. The van der Waals surface area contributed by atoms with Crippen molar-refractivity contribution in [2.45, 2.75) is 0 Å². The Morgan fingerprint density at radius 2 is 1.59 bits per heavy atom. The fourth-order valence-corrected chi connectivity index (χ4v) is 3.77. The summed E-state index contributed by atoms with van der Waals surface area (Å²) >= 11 is 0. The van der Waals surface area contributed by atoms with Crippen molar-refractivity contribution in [2.24, 2.45) is 0 Å². The number of halogens is 2. The third-order valence-electron chi connectivity index (χ3n) is 5.40. The van der Waals surface area contributed by atoms with Crippen LogP contribution in [0.1, 0.15) is 5.56 Å². The second-order valence-electron chi connectivity index (χ2n) is 7.44. The maximum atomic E-state index is 15.4. The first-order valence-electron chi connectivity index (χ1n) is 10.2. The fraction of sp³-hybridized carbons (Fsp3) is 0. The first-order chi connectivity index (χ1) is 16.5. The Labute approximate surface area is 191 Å². The van der Waals surface area contributed by atoms with Gasteiger partial charge in [-0.25, -0.2) is 13.8 Å². The molecular formula is C26H14F2N4O2. The van der Waals surface area contributed by atoms with Crippen molar-refractivity contribution in [1.82, 2.24) is 14.1 Å². The summed E-state index contributed by atoms with van der Waals surface area (Å²) in [6.45, 7) is 0. The van der Waals surface area contributed by atoms with E-state index in [4.69, 9.17) is 0 Å². The van der Waals surface area contributed by atoms with Crippen LogP contribution >= 0.6 is 0 Å². The molecule has 3 aromatic carbocycles. The molecule has 164 valence electrons. The minimum Gasteiger partial charge on any atom is -0.284 e. The first kappa shape index (κ1) is 21.0. The highest BCUT2D eigenvalue weighted by molar-refractivity contribution is 5.80. The van der Waals surface area contributed by atoms with Crippen LogP contribution in [0.2, 0.25) is 0 Å². The van der Waals surface area contributed by atoms with Crippen LogP contribution in [0.5, 0.6) is 0 Å². The lowest BCUT2D eigenvalue weighted by Crippen LogP contribution is -2.22. The molecule has 0 saturated heterocycles. The van der Waals surface area contributed by atoms with Crippen LogP contribution in [0, 0.1) is 23.0 Å². The second-order valence-corrected chi connectivity index (χ2v) is 7.44. The van der Waals surface area contributed by atoms with Crippen molar-refractivity contribution in [1.29, 1.82) is 5.26 Å². The summed E-state index contributed by atoms with van der Waals surface area (Å²) in [4.78, 5) is 30.1. The molecule has 0 bridgehead atoms. The number of hydrogen-bond acceptors (Lipinski definition) is 4. The van der Waals surface area contributed by atoms with Gasteiger partial charge in [0.15, 0.2) is 5.82 Å². The van der Waals surface area contributed by atoms with Crippen LogP contribution in [0.25, 0.3) is 33.7 Å². The zero-order valence-electron chi connectivity index (χ0n) is 17.4. The minimum absolute atomic E-state index is 0.00147. The lowest BCUT2D eigenvalue weighted by Gasteiger charge is -2.15. The zero-order chi connectivity index (χ0) is 23.8. The van der Waals surface area contributed by atoms with Gasteiger partial charge in [-0.15, -0.1) is 0 Å². The molecule has 0 aliphatic carbocycles. The van der Waals surface area contributed by atoms with E-state index < -0.39 is 17.2 Å². The first-order valence-corrected chi connectivity index (χ1v) is 10.2. The van der Waals surface area contributed by atoms with E-state index in [1.807, 2.05) is 0 Å². The number of aromatic nitrogens is 3. The van der Waals surface area contributed by atoms with E-state index in [0.717, 1.165) is 10.6 Å². The number of rotatable bonds is 3. The maximum Gasteiger partial charge on any atom is 0.266 e. The second kappa shape index (κ2) is 8.22. The van der Waals surface area contributed by atoms with Crippen molar-refractivity contribution in [3.63, 3.8) is 0 Å². The monoisotopic (exact) mass is 452 g/mol. The van der Waals surface area contributed by atoms with Crippen LogP contribution < -0.4 is 11.1 Å². The summed E-state index contributed by atoms with van der Waals surface area (Å²) in [6, 6.07) is 20.7. The fourth-order valence-electron chi connectivity index (χ4n) is 3.77. The average molecular weight is 452 g/mol. The number of nitrogens with zero attached hydrogens (tertiary/aromatic N) is 4. The molecule has 0 spiro atoms. The Hall–Kier alpha value is -4.90. The molecule has 2 aromatic heterocycles. The highest BCUT2D eigenvalue weighted by atomic mass is 19.1. The van der Waals surface area contributed by atoms with Crippen molar-refractivity contribution < 1.29 is 8.78 Å². The van der Waals surface area contributed by atoms with Crippen molar-refractivity contribution >= 4 is 10.9 Å². The molecule has 8 heteroatoms. The van der Waals surface area contributed by atoms with Gasteiger partial charge < -0.3 is 0 Å². The van der Waals surface area contributed by atoms with Gasteiger partial charge in [0.25, 0.3) is 11.1 Å². The lowest BCUT2D eigenvalue weighted by molar-refractivity contribution is 0.622. The lowest BCUT2D eigenvalue weighted by atomic mass is 10.1. The van der Waals surface area contributed by atoms with Gasteiger partial charge in [0.2, 0.25) is 0 Å². The Bertz CT molecular complexity index is 1750. The number of hydrogen-bond donors (Lipinski definition) is 0. The van der Waals surface area contributed by atoms with Gasteiger partial charge in [-0.1, -0.05) is 18.2 Å². The van der Waals surface area contributed by atoms with E-state index in [1.165, 1.54) is 47.2 Å². The summed E-state index contributed by atoms with van der Waals surface area (Å²) in [5, 5.41) is 9.52. The largest absolute Gasteiger partial charge is 0.284 e. The Balaban J connectivity index is 1.80. The molecule has 2 heterocycles. The van der Waals surface area contributed by atoms with Gasteiger partial charge in [-0.05, 0) is 54.6 Å². The topological polar surface area (TPSA) is 80.7 Å². The molecule has 0 saturated carbocycles. The molecule has 0 fully saturated rings. The van der Waals surface area contributed by atoms with Crippen molar-refractivity contribution in [3.05, 3.63) is 123 Å². The summed E-state index contributed by atoms with van der Waals surface area (Å²) < 4.78 is 31.8. The van der Waals surface area contributed by atoms with Gasteiger partial charge in [-0.2, -0.15) is 5.26 Å². The zero-order valence-corrected chi connectivity index (χ0v) is 17.4. The SMILES string of the molecule is N#Cc1cc(-n2c(-c3ccc(-n4ccccc4=O)cc3F)nc3ccccc3c2=O)ccc1F. The van der Waals surface area contributed by atoms with Gasteiger partial charge in [0, 0.05) is 12.3 Å². The van der Waals surface area contributed by atoms with Crippen molar-refractivity contribution in [2.75, 3.05) is 0 Å². The summed E-state index contributed by atoms with van der Waals surface area (Å²) in [5.74, 6) is -1.48. The molecular weight excluding hydrogens is 438 g/mol. The molecule has 0 radical (unpaired) electrons. The minimum atomic E-state index is -0.738. The average Bonchev–Trinajstić information content (AvgIpc) is 2.85. The predicted molar refractivity (Wildman–Crippen MR) is 123 cm³/mol. The van der Waals surface area contributed by atoms with Gasteiger partial charge in [0.05, 0.1) is 33.4 Å². The maximum absolute atomic E-state index is 15.4. The highest BCUT2D eigenvalue weighted by Crippen LogP contribution is 2.27. The number of fused-ring (bicyclic) bond motifs is 1. The van der Waals surface area contributed by atoms with E-state index in [-0.39, 0.29) is 33.6 Å². The summed E-state index contributed by atoms with van der Waals surface area (Å²) in [5.41, 5.74) is -0.274. The molecule has 0 unspecified atom stereocenters. The van der Waals surface area contributed by atoms with Crippen LogP contribution in [0.4, 0.5) is 8.78 Å². The molecule has 6 nitrogen and oxygen atoms in total. The molecule has 0 aliphatic rings. The smallest absolute Gasteiger partial charge is 0.266 e. The number of para-hydroxylation sites is 1. The third kappa shape index (κ3) is 3.45. The summed E-state index contributed by atoms with van der Waals surface area (Å²) in [7, 11) is 0. The van der Waals surface area contributed by atoms with Crippen LogP contribution in [-0.4, -0.2) is 14.1 Å². The number of benzene rings is 3. The van der Waals surface area contributed by atoms with Crippen LogP contribution in [-0.2, 0) is 0 Å². The third-order valence-corrected chi connectivity index (χ3v) is 5.40. The normalized spacial score (nSPS) is 10.9. The van der Waals surface area contributed by atoms with Crippen LogP contribution in [0.15, 0.2) is 94.6 Å². The summed E-state index contributed by atoms with van der Waals surface area (Å²) in [6.07, 6.45) is 1.52. The van der Waals surface area contributed by atoms with Crippen LogP contribution in [0.3, 0.4) is 0 Å². The number of nitriles is 1. The van der Waals surface area contributed by atoms with Gasteiger partial charge in [0.1, 0.15) is 17.7 Å². The Morgan fingerprint density at radius 3 is 2.35 bits per heavy atom. The standard InChI is InChI=1S/C26H14F2N4O2/c27-21-11-9-18(13-16(21)15-29)32-25(30-23-6-2-1-5-20(23)26(32)34)19-10-8-17(14-22(19)28)31-12-4-3-7-24(31)33/h1-14H. The molecule has 5 aromatic rings. The van der Waals surface area contributed by atoms with Gasteiger partial charge >= 0.3 is 0 Å². The van der Waals surface area contributed by atoms with Crippen molar-refractivity contribution in [3.8, 4) is 28.8 Å². The van der Waals surface area contributed by atoms with E-state index in [0.29, 0.717) is 11.2 Å². The Morgan fingerprint density at radius 1 is 0.824 bits per heavy atom. The molecule has 5 rings (SSSR count). The molecule has 0 aliphatic heterocycles. The van der Waals surface area contributed by atoms with Gasteiger partial charge in [-0.3, -0.25) is 18.7 Å².